The summed E-state index contributed by atoms with van der Waals surface area (Å²) in [6, 6.07) is 24.9. The number of benzene rings is 3. The highest BCUT2D eigenvalue weighted by atomic mass is 16.2. The molecule has 0 aromatic heterocycles. The monoisotopic (exact) mass is 368 g/mol. The largest absolute Gasteiger partial charge is 0.302 e. The number of aryl methyl sites for hydroxylation is 1. The number of para-hydroxylation sites is 1. The molecule has 3 aromatic carbocycles. The Morgan fingerprint density at radius 1 is 0.929 bits per heavy atom. The van der Waals surface area contributed by atoms with Crippen LogP contribution in [0, 0.1) is 6.92 Å². The minimum absolute atomic E-state index is 0.00170. The van der Waals surface area contributed by atoms with Crippen LogP contribution in [-0.4, -0.2) is 30.5 Å². The van der Waals surface area contributed by atoms with Gasteiger partial charge in [0.15, 0.2) is 5.78 Å². The van der Waals surface area contributed by atoms with Crippen molar-refractivity contribution in [2.24, 2.45) is 4.99 Å². The first kappa shape index (κ1) is 17.9. The normalized spacial score (nSPS) is 13.5. The molecule has 0 saturated heterocycles. The molecular weight excluding hydrogens is 348 g/mol. The minimum Gasteiger partial charge on any atom is -0.302 e. The molecule has 0 aliphatic carbocycles. The van der Waals surface area contributed by atoms with Crippen LogP contribution < -0.4 is 4.90 Å². The number of anilines is 1. The lowest BCUT2D eigenvalue weighted by Crippen LogP contribution is -2.37. The Morgan fingerprint density at radius 3 is 2.39 bits per heavy atom. The Hall–Kier alpha value is -3.53. The Balaban J connectivity index is 1.74. The first-order chi connectivity index (χ1) is 13.6. The maximum absolute atomic E-state index is 12.9. The van der Waals surface area contributed by atoms with Gasteiger partial charge in [-0.05, 0) is 18.6 Å². The predicted molar refractivity (Wildman–Crippen MR) is 111 cm³/mol. The molecule has 138 valence electrons. The lowest BCUT2D eigenvalue weighted by atomic mass is 9.99. The molecule has 0 unspecified atom stereocenters. The molecule has 1 aliphatic heterocycles. The van der Waals surface area contributed by atoms with E-state index in [2.05, 4.69) is 4.99 Å². The number of hydrogen-bond acceptors (Lipinski definition) is 3. The summed E-state index contributed by atoms with van der Waals surface area (Å²) in [6.07, 6.45) is 0. The van der Waals surface area contributed by atoms with Crippen molar-refractivity contribution in [1.82, 2.24) is 0 Å². The summed E-state index contributed by atoms with van der Waals surface area (Å²) in [6.45, 7) is 1.92. The van der Waals surface area contributed by atoms with Crippen molar-refractivity contribution >= 4 is 23.1 Å². The number of fused-ring (bicyclic) bond motifs is 1. The molecule has 0 spiro atoms. The fourth-order valence-electron chi connectivity index (χ4n) is 3.49. The summed E-state index contributed by atoms with van der Waals surface area (Å²) >= 11 is 0. The molecular formula is C24H20N2O2. The van der Waals surface area contributed by atoms with Crippen molar-refractivity contribution in [2.75, 3.05) is 18.0 Å². The number of carbonyl (C=O) groups excluding carboxylic acids is 2. The molecule has 0 saturated carbocycles. The van der Waals surface area contributed by atoms with Gasteiger partial charge in [-0.25, -0.2) is 0 Å². The van der Waals surface area contributed by atoms with Crippen LogP contribution in [0.5, 0.6) is 0 Å². The van der Waals surface area contributed by atoms with Crippen LogP contribution in [0.4, 0.5) is 5.69 Å². The van der Waals surface area contributed by atoms with Crippen molar-refractivity contribution in [2.45, 2.75) is 6.92 Å². The number of carbonyl (C=O) groups is 2. The minimum atomic E-state index is -0.180. The summed E-state index contributed by atoms with van der Waals surface area (Å²) in [5.41, 5.74) is 4.85. The number of nitrogens with zero attached hydrogens (tertiary/aromatic N) is 2. The molecule has 0 radical (unpaired) electrons. The number of Topliss-reactive ketones (excluding diaryl/α,β-unsaturated/α-hetero) is 1. The molecule has 0 fully saturated rings. The van der Waals surface area contributed by atoms with Crippen molar-refractivity contribution in [1.29, 1.82) is 0 Å². The van der Waals surface area contributed by atoms with E-state index in [0.717, 1.165) is 28.1 Å². The Morgan fingerprint density at radius 2 is 1.61 bits per heavy atom. The van der Waals surface area contributed by atoms with E-state index in [1.807, 2.05) is 79.7 Å². The zero-order valence-electron chi connectivity index (χ0n) is 15.6. The third-order valence-corrected chi connectivity index (χ3v) is 4.92. The van der Waals surface area contributed by atoms with Gasteiger partial charge in [0.25, 0.3) is 0 Å². The third kappa shape index (κ3) is 3.37. The van der Waals surface area contributed by atoms with E-state index >= 15 is 0 Å². The van der Waals surface area contributed by atoms with Gasteiger partial charge in [0.2, 0.25) is 5.91 Å². The molecule has 4 rings (SSSR count). The van der Waals surface area contributed by atoms with Gasteiger partial charge in [0, 0.05) is 16.7 Å². The second-order valence-corrected chi connectivity index (χ2v) is 6.77. The van der Waals surface area contributed by atoms with Crippen molar-refractivity contribution < 1.29 is 9.59 Å². The average molecular weight is 368 g/mol. The Bertz CT molecular complexity index is 1070. The van der Waals surface area contributed by atoms with Gasteiger partial charge in [-0.1, -0.05) is 72.8 Å². The maximum atomic E-state index is 12.9. The average Bonchev–Trinajstić information content (AvgIpc) is 2.86. The van der Waals surface area contributed by atoms with Crippen LogP contribution in [0.1, 0.15) is 27.0 Å². The molecule has 3 aromatic rings. The lowest BCUT2D eigenvalue weighted by molar-refractivity contribution is -0.117. The molecule has 1 aliphatic rings. The smallest absolute Gasteiger partial charge is 0.249 e. The van der Waals surface area contributed by atoms with Crippen LogP contribution in [0.2, 0.25) is 0 Å². The number of benzodiazepines with no additional fused rings is 1. The van der Waals surface area contributed by atoms with Gasteiger partial charge in [0.05, 0.1) is 17.9 Å². The van der Waals surface area contributed by atoms with E-state index in [9.17, 15) is 9.59 Å². The van der Waals surface area contributed by atoms with E-state index in [1.165, 1.54) is 0 Å². The Kier molecular flexibility index (Phi) is 4.85. The maximum Gasteiger partial charge on any atom is 0.249 e. The fraction of sp³-hybridized carbons (Fsp3) is 0.125. The summed E-state index contributed by atoms with van der Waals surface area (Å²) in [5, 5.41) is 0. The van der Waals surface area contributed by atoms with Crippen molar-refractivity contribution in [3.63, 3.8) is 0 Å². The molecule has 1 amide bonds. The molecule has 0 N–H and O–H groups in total. The highest BCUT2D eigenvalue weighted by Gasteiger charge is 2.27. The van der Waals surface area contributed by atoms with E-state index in [0.29, 0.717) is 5.56 Å². The van der Waals surface area contributed by atoms with Gasteiger partial charge >= 0.3 is 0 Å². The van der Waals surface area contributed by atoms with Gasteiger partial charge in [-0.3, -0.25) is 14.6 Å². The van der Waals surface area contributed by atoms with Crippen molar-refractivity contribution in [3.8, 4) is 0 Å². The van der Waals surface area contributed by atoms with Crippen LogP contribution in [0.25, 0.3) is 0 Å². The predicted octanol–water partition coefficient (Wildman–Crippen LogP) is 4.06. The van der Waals surface area contributed by atoms with Crippen LogP contribution in [0.3, 0.4) is 0 Å². The summed E-state index contributed by atoms with van der Waals surface area (Å²) in [5.74, 6) is -0.260. The van der Waals surface area contributed by atoms with Crippen LogP contribution in [0.15, 0.2) is 83.9 Å². The van der Waals surface area contributed by atoms with E-state index in [4.69, 9.17) is 0 Å². The highest BCUT2D eigenvalue weighted by molar-refractivity contribution is 6.20. The van der Waals surface area contributed by atoms with Gasteiger partial charge < -0.3 is 4.90 Å². The summed E-state index contributed by atoms with van der Waals surface area (Å²) < 4.78 is 0. The number of hydrogen-bond donors (Lipinski definition) is 0. The number of ketones is 1. The quantitative estimate of drug-likeness (QED) is 0.652. The van der Waals surface area contributed by atoms with Crippen LogP contribution >= 0.6 is 0 Å². The van der Waals surface area contributed by atoms with Crippen molar-refractivity contribution in [3.05, 3.63) is 101 Å². The molecule has 4 heteroatoms. The summed E-state index contributed by atoms with van der Waals surface area (Å²) in [4.78, 5) is 31.9. The van der Waals surface area contributed by atoms with Gasteiger partial charge in [-0.2, -0.15) is 0 Å². The van der Waals surface area contributed by atoms with Crippen LogP contribution in [-0.2, 0) is 4.79 Å². The number of rotatable bonds is 4. The standard InChI is InChI=1S/C24H20N2O2/c1-17-9-5-6-12-19(17)22(27)16-26-21-14-8-7-13-20(21)24(25-15-23(26)28)18-10-3-2-4-11-18/h2-14H,15-16H2,1H3. The van der Waals surface area contributed by atoms with E-state index in [1.54, 1.807) is 11.0 Å². The second-order valence-electron chi connectivity index (χ2n) is 6.77. The molecule has 1 heterocycles. The lowest BCUT2D eigenvalue weighted by Gasteiger charge is -2.22. The molecule has 28 heavy (non-hydrogen) atoms. The van der Waals surface area contributed by atoms with Gasteiger partial charge in [-0.15, -0.1) is 0 Å². The number of aliphatic imine (C=N–C) groups is 1. The first-order valence-corrected chi connectivity index (χ1v) is 9.23. The highest BCUT2D eigenvalue weighted by Crippen LogP contribution is 2.27. The second kappa shape index (κ2) is 7.61. The third-order valence-electron chi connectivity index (χ3n) is 4.92. The van der Waals surface area contributed by atoms with Gasteiger partial charge in [0.1, 0.15) is 6.54 Å². The molecule has 4 nitrogen and oxygen atoms in total. The molecule has 0 bridgehead atoms. The SMILES string of the molecule is Cc1ccccc1C(=O)CN1C(=O)CN=C(c2ccccc2)c2ccccc21. The summed E-state index contributed by atoms with van der Waals surface area (Å²) in [7, 11) is 0. The zero-order valence-corrected chi connectivity index (χ0v) is 15.6. The van der Waals surface area contributed by atoms with E-state index in [-0.39, 0.29) is 24.8 Å². The topological polar surface area (TPSA) is 49.7 Å². The zero-order chi connectivity index (χ0) is 19.5. The van der Waals surface area contributed by atoms with E-state index < -0.39 is 0 Å². The first-order valence-electron chi connectivity index (χ1n) is 9.23. The number of amides is 1. The molecule has 0 atom stereocenters. The Labute approximate surface area is 164 Å². The fourth-order valence-corrected chi connectivity index (χ4v) is 3.49.